The van der Waals surface area contributed by atoms with Crippen LogP contribution in [-0.4, -0.2) is 30.6 Å². The number of benzene rings is 2. The molecule has 2 aromatic rings. The molecule has 0 radical (unpaired) electrons. The number of hydrogen-bond acceptors (Lipinski definition) is 2. The second-order valence-electron chi connectivity index (χ2n) is 7.38. The summed E-state index contributed by atoms with van der Waals surface area (Å²) in [6.45, 7) is 6.96. The van der Waals surface area contributed by atoms with Crippen molar-refractivity contribution in [3.8, 4) is 11.1 Å². The Hall–Kier alpha value is -1.06. The maximum Gasteiger partial charge on any atom is 0.0208 e. The summed E-state index contributed by atoms with van der Waals surface area (Å²) in [5.41, 5.74) is 7.13. The zero-order valence-corrected chi connectivity index (χ0v) is 17.2. The van der Waals surface area contributed by atoms with E-state index in [1.807, 2.05) is 0 Å². The number of rotatable bonds is 4. The van der Waals surface area contributed by atoms with Gasteiger partial charge in [0.25, 0.3) is 0 Å². The number of likely N-dealkylation sites (tertiary alicyclic amines) is 1. The maximum absolute atomic E-state index is 3.44. The molecule has 0 spiro atoms. The van der Waals surface area contributed by atoms with E-state index in [1.54, 1.807) is 0 Å². The van der Waals surface area contributed by atoms with E-state index in [1.165, 1.54) is 60.2 Å². The molecule has 2 nitrogen and oxygen atoms in total. The fourth-order valence-electron chi connectivity index (χ4n) is 4.12. The van der Waals surface area contributed by atoms with Crippen molar-refractivity contribution in [3.05, 3.63) is 59.2 Å². The van der Waals surface area contributed by atoms with Gasteiger partial charge in [-0.15, -0.1) is 24.8 Å². The Morgan fingerprint density at radius 3 is 2.50 bits per heavy atom. The van der Waals surface area contributed by atoms with E-state index in [0.29, 0.717) is 0 Å². The molecule has 0 saturated carbocycles. The Morgan fingerprint density at radius 1 is 1.00 bits per heavy atom. The van der Waals surface area contributed by atoms with Crippen LogP contribution >= 0.6 is 24.8 Å². The molecule has 2 aliphatic rings. The van der Waals surface area contributed by atoms with Crippen LogP contribution in [-0.2, 0) is 19.4 Å². The summed E-state index contributed by atoms with van der Waals surface area (Å²) in [6, 6.07) is 16.9. The average Bonchev–Trinajstić information content (AvgIpc) is 3.05. The van der Waals surface area contributed by atoms with Crippen LogP contribution in [0.25, 0.3) is 11.1 Å². The molecule has 4 heteroatoms. The molecule has 0 aliphatic carbocycles. The smallest absolute Gasteiger partial charge is 0.0208 e. The van der Waals surface area contributed by atoms with E-state index < -0.39 is 0 Å². The molecule has 1 N–H and O–H groups in total. The normalized spacial score (nSPS) is 19.3. The minimum atomic E-state index is 0. The third-order valence-electron chi connectivity index (χ3n) is 5.76. The molecule has 1 fully saturated rings. The summed E-state index contributed by atoms with van der Waals surface area (Å²) in [5.74, 6) is 0. The fraction of sp³-hybridized carbons (Fsp3) is 0.455. The van der Waals surface area contributed by atoms with Crippen molar-refractivity contribution in [1.82, 2.24) is 10.2 Å². The van der Waals surface area contributed by atoms with Gasteiger partial charge in [-0.2, -0.15) is 0 Å². The zero-order chi connectivity index (χ0) is 16.4. The average molecular weight is 393 g/mol. The van der Waals surface area contributed by atoms with Crippen molar-refractivity contribution in [1.29, 1.82) is 0 Å². The van der Waals surface area contributed by atoms with Gasteiger partial charge in [0.15, 0.2) is 0 Å². The van der Waals surface area contributed by atoms with E-state index in [0.717, 1.165) is 25.6 Å². The second kappa shape index (κ2) is 9.75. The Kier molecular flexibility index (Phi) is 7.97. The largest absolute Gasteiger partial charge is 0.312 e. The van der Waals surface area contributed by atoms with Gasteiger partial charge in [0, 0.05) is 19.1 Å². The first-order valence-electron chi connectivity index (χ1n) is 9.45. The molecule has 0 unspecified atom stereocenters. The third-order valence-corrected chi connectivity index (χ3v) is 5.76. The van der Waals surface area contributed by atoms with Crippen LogP contribution in [0.4, 0.5) is 0 Å². The van der Waals surface area contributed by atoms with Crippen molar-refractivity contribution < 1.29 is 0 Å². The molecule has 1 atom stereocenters. The van der Waals surface area contributed by atoms with Crippen LogP contribution < -0.4 is 5.32 Å². The highest BCUT2D eigenvalue weighted by atomic mass is 35.5. The summed E-state index contributed by atoms with van der Waals surface area (Å²) in [7, 11) is 0. The molecule has 1 saturated heterocycles. The van der Waals surface area contributed by atoms with Crippen molar-refractivity contribution in [2.24, 2.45) is 0 Å². The van der Waals surface area contributed by atoms with Crippen LogP contribution in [0.3, 0.4) is 0 Å². The predicted molar refractivity (Wildman–Crippen MR) is 116 cm³/mol. The Bertz CT molecular complexity index is 700. The number of hydrogen-bond donors (Lipinski definition) is 1. The quantitative estimate of drug-likeness (QED) is 0.797. The van der Waals surface area contributed by atoms with Crippen LogP contribution in [0.5, 0.6) is 0 Å². The summed E-state index contributed by atoms with van der Waals surface area (Å²) >= 11 is 0. The number of nitrogens with zero attached hydrogens (tertiary/aromatic N) is 1. The van der Waals surface area contributed by atoms with E-state index in [9.17, 15) is 0 Å². The molecule has 2 aliphatic heterocycles. The highest BCUT2D eigenvalue weighted by molar-refractivity contribution is 5.85. The third kappa shape index (κ3) is 4.80. The highest BCUT2D eigenvalue weighted by Crippen LogP contribution is 2.25. The fourth-order valence-corrected chi connectivity index (χ4v) is 4.12. The van der Waals surface area contributed by atoms with Crippen molar-refractivity contribution >= 4 is 24.8 Å². The van der Waals surface area contributed by atoms with Gasteiger partial charge in [-0.25, -0.2) is 0 Å². The van der Waals surface area contributed by atoms with Gasteiger partial charge in [-0.3, -0.25) is 0 Å². The van der Waals surface area contributed by atoms with E-state index in [4.69, 9.17) is 0 Å². The summed E-state index contributed by atoms with van der Waals surface area (Å²) < 4.78 is 0. The van der Waals surface area contributed by atoms with Gasteiger partial charge in [0.05, 0.1) is 0 Å². The molecule has 2 aromatic carbocycles. The van der Waals surface area contributed by atoms with Gasteiger partial charge in [-0.05, 0) is 73.5 Å². The lowest BCUT2D eigenvalue weighted by atomic mass is 9.95. The van der Waals surface area contributed by atoms with Gasteiger partial charge in [-0.1, -0.05) is 42.5 Å². The first-order chi connectivity index (χ1) is 11.8. The lowest BCUT2D eigenvalue weighted by Crippen LogP contribution is -2.28. The van der Waals surface area contributed by atoms with Gasteiger partial charge >= 0.3 is 0 Å². The molecule has 0 aromatic heterocycles. The second-order valence-corrected chi connectivity index (χ2v) is 7.38. The molecular formula is C22H30Cl2N2. The topological polar surface area (TPSA) is 15.3 Å². The van der Waals surface area contributed by atoms with Crippen LogP contribution in [0.2, 0.25) is 0 Å². The van der Waals surface area contributed by atoms with Crippen molar-refractivity contribution in [2.75, 3.05) is 19.6 Å². The number of fused-ring (bicyclic) bond motifs is 1. The lowest BCUT2D eigenvalue weighted by molar-refractivity contribution is 0.272. The van der Waals surface area contributed by atoms with Crippen LogP contribution in [0.1, 0.15) is 36.5 Å². The summed E-state index contributed by atoms with van der Waals surface area (Å²) in [4.78, 5) is 2.63. The standard InChI is InChI=1S/C22H28N2.2ClH/c1-17-3-2-13-24(17)14-11-18-4-6-19(7-5-18)20-8-9-22-16-23-12-10-21(22)15-20;;/h4-9,15,17,23H,2-3,10-14,16H2,1H3;2*1H/t17-;;/m1../s1. The van der Waals surface area contributed by atoms with Gasteiger partial charge in [0.2, 0.25) is 0 Å². The van der Waals surface area contributed by atoms with Crippen molar-refractivity contribution in [3.63, 3.8) is 0 Å². The minimum absolute atomic E-state index is 0. The first-order valence-corrected chi connectivity index (χ1v) is 9.45. The van der Waals surface area contributed by atoms with Crippen LogP contribution in [0, 0.1) is 0 Å². The zero-order valence-electron chi connectivity index (χ0n) is 15.5. The number of halogens is 2. The van der Waals surface area contributed by atoms with Gasteiger partial charge in [0.1, 0.15) is 0 Å². The van der Waals surface area contributed by atoms with Crippen LogP contribution in [0.15, 0.2) is 42.5 Å². The lowest BCUT2D eigenvalue weighted by Gasteiger charge is -2.20. The van der Waals surface area contributed by atoms with E-state index in [2.05, 4.69) is 59.6 Å². The van der Waals surface area contributed by atoms with E-state index >= 15 is 0 Å². The van der Waals surface area contributed by atoms with E-state index in [-0.39, 0.29) is 24.8 Å². The Balaban J connectivity index is 0.00000121. The minimum Gasteiger partial charge on any atom is -0.312 e. The monoisotopic (exact) mass is 392 g/mol. The molecule has 4 rings (SSSR count). The summed E-state index contributed by atoms with van der Waals surface area (Å²) in [6.07, 6.45) is 5.05. The molecule has 0 amide bonds. The highest BCUT2D eigenvalue weighted by Gasteiger charge is 2.19. The molecule has 0 bridgehead atoms. The van der Waals surface area contributed by atoms with Gasteiger partial charge < -0.3 is 10.2 Å². The number of nitrogens with one attached hydrogen (secondary N) is 1. The first kappa shape index (κ1) is 21.2. The Labute approximate surface area is 170 Å². The molecule has 26 heavy (non-hydrogen) atoms. The van der Waals surface area contributed by atoms with Crippen molar-refractivity contribution in [2.45, 2.75) is 45.2 Å². The predicted octanol–water partition coefficient (Wildman–Crippen LogP) is 4.87. The Morgan fingerprint density at radius 2 is 1.77 bits per heavy atom. The SMILES string of the molecule is C[C@@H]1CCCN1CCc1ccc(-c2ccc3c(c2)CCNC3)cc1.Cl.Cl. The molecule has 2 heterocycles. The molecule has 142 valence electrons. The summed E-state index contributed by atoms with van der Waals surface area (Å²) in [5, 5.41) is 3.44. The maximum atomic E-state index is 3.44. The molecular weight excluding hydrogens is 363 g/mol.